The van der Waals surface area contributed by atoms with E-state index in [1.807, 2.05) is 17.5 Å². The SMILES string of the molecule is O=c1[nH]c2cc(-c3nc(CCO)cs3)ccc2o1. The second-order valence-corrected chi connectivity index (χ2v) is 4.70. The largest absolute Gasteiger partial charge is 0.417 e. The summed E-state index contributed by atoms with van der Waals surface area (Å²) in [5.41, 5.74) is 3.00. The Hall–Kier alpha value is -1.92. The van der Waals surface area contributed by atoms with Crippen molar-refractivity contribution in [1.29, 1.82) is 0 Å². The summed E-state index contributed by atoms with van der Waals surface area (Å²) in [6.45, 7) is 0.0945. The van der Waals surface area contributed by atoms with Crippen molar-refractivity contribution in [1.82, 2.24) is 9.97 Å². The number of nitrogens with zero attached hydrogens (tertiary/aromatic N) is 1. The van der Waals surface area contributed by atoms with E-state index in [-0.39, 0.29) is 6.61 Å². The van der Waals surface area contributed by atoms with Crippen molar-refractivity contribution < 1.29 is 9.52 Å². The van der Waals surface area contributed by atoms with Crippen LogP contribution in [0.4, 0.5) is 0 Å². The molecule has 3 aromatic rings. The first kappa shape index (κ1) is 11.2. The lowest BCUT2D eigenvalue weighted by Gasteiger charge is -1.95. The van der Waals surface area contributed by atoms with Crippen molar-refractivity contribution in [2.45, 2.75) is 6.42 Å². The molecular formula is C12H10N2O3S. The maximum absolute atomic E-state index is 11.1. The third-order valence-electron chi connectivity index (χ3n) is 2.59. The number of aliphatic hydroxyl groups is 1. The first-order valence-corrected chi connectivity index (χ1v) is 6.33. The number of aromatic nitrogens is 2. The number of hydrogen-bond acceptors (Lipinski definition) is 5. The summed E-state index contributed by atoms with van der Waals surface area (Å²) in [6.07, 6.45) is 0.557. The Balaban J connectivity index is 2.04. The monoisotopic (exact) mass is 262 g/mol. The Bertz CT molecular complexity index is 741. The van der Waals surface area contributed by atoms with Gasteiger partial charge in [-0.2, -0.15) is 0 Å². The van der Waals surface area contributed by atoms with Crippen LogP contribution in [-0.2, 0) is 6.42 Å². The smallest absolute Gasteiger partial charge is 0.408 e. The topological polar surface area (TPSA) is 79.1 Å². The minimum absolute atomic E-state index is 0.0945. The normalized spacial score (nSPS) is 11.2. The molecule has 2 aromatic heterocycles. The average molecular weight is 262 g/mol. The Labute approximate surface area is 106 Å². The molecule has 0 unspecified atom stereocenters. The van der Waals surface area contributed by atoms with Crippen molar-refractivity contribution in [3.8, 4) is 10.6 Å². The van der Waals surface area contributed by atoms with Crippen LogP contribution in [0, 0.1) is 0 Å². The van der Waals surface area contributed by atoms with E-state index in [4.69, 9.17) is 9.52 Å². The van der Waals surface area contributed by atoms with Crippen LogP contribution in [0.25, 0.3) is 21.7 Å². The predicted molar refractivity (Wildman–Crippen MR) is 68.7 cm³/mol. The van der Waals surface area contributed by atoms with Gasteiger partial charge in [-0.05, 0) is 18.2 Å². The summed E-state index contributed by atoms with van der Waals surface area (Å²) >= 11 is 1.51. The number of benzene rings is 1. The summed E-state index contributed by atoms with van der Waals surface area (Å²) in [6, 6.07) is 5.44. The van der Waals surface area contributed by atoms with Crippen LogP contribution in [0.2, 0.25) is 0 Å². The zero-order valence-corrected chi connectivity index (χ0v) is 10.2. The van der Waals surface area contributed by atoms with Gasteiger partial charge in [-0.3, -0.25) is 4.98 Å². The molecule has 2 N–H and O–H groups in total. The molecule has 0 fully saturated rings. The fourth-order valence-corrected chi connectivity index (χ4v) is 2.61. The molecule has 0 aliphatic heterocycles. The first-order valence-electron chi connectivity index (χ1n) is 5.45. The number of nitrogens with one attached hydrogen (secondary N) is 1. The molecule has 0 bridgehead atoms. The minimum Gasteiger partial charge on any atom is -0.408 e. The average Bonchev–Trinajstić information content (AvgIpc) is 2.93. The summed E-state index contributed by atoms with van der Waals surface area (Å²) in [5.74, 6) is -0.456. The third kappa shape index (κ3) is 1.96. The predicted octanol–water partition coefficient (Wildman–Crippen LogP) is 1.78. The van der Waals surface area contributed by atoms with Crippen molar-refractivity contribution in [3.63, 3.8) is 0 Å². The number of thiazole rings is 1. The van der Waals surface area contributed by atoms with E-state index in [0.717, 1.165) is 16.3 Å². The molecule has 2 heterocycles. The van der Waals surface area contributed by atoms with Gasteiger partial charge in [-0.1, -0.05) is 0 Å². The van der Waals surface area contributed by atoms with Crippen molar-refractivity contribution in [3.05, 3.63) is 39.8 Å². The highest BCUT2D eigenvalue weighted by atomic mass is 32.1. The fourth-order valence-electron chi connectivity index (χ4n) is 1.75. The minimum atomic E-state index is -0.456. The molecule has 92 valence electrons. The standard InChI is InChI=1S/C12H10N2O3S/c15-4-3-8-6-18-11(13-8)7-1-2-10-9(5-7)14-12(16)17-10/h1-2,5-6,15H,3-4H2,(H,14,16). The van der Waals surface area contributed by atoms with Crippen LogP contribution in [-0.4, -0.2) is 21.7 Å². The van der Waals surface area contributed by atoms with Gasteiger partial charge in [0.25, 0.3) is 0 Å². The molecule has 0 saturated carbocycles. The summed E-state index contributed by atoms with van der Waals surface area (Å²) in [4.78, 5) is 18.1. The highest BCUT2D eigenvalue weighted by Gasteiger charge is 2.07. The molecule has 0 amide bonds. The van der Waals surface area contributed by atoms with Gasteiger partial charge in [0.15, 0.2) is 5.58 Å². The Morgan fingerprint density at radius 2 is 2.33 bits per heavy atom. The van der Waals surface area contributed by atoms with Crippen LogP contribution in [0.1, 0.15) is 5.69 Å². The molecule has 6 heteroatoms. The molecule has 0 aliphatic carbocycles. The number of oxazole rings is 1. The van der Waals surface area contributed by atoms with E-state index in [1.165, 1.54) is 11.3 Å². The van der Waals surface area contributed by atoms with Gasteiger partial charge in [-0.15, -0.1) is 11.3 Å². The van der Waals surface area contributed by atoms with E-state index in [9.17, 15) is 4.79 Å². The van der Waals surface area contributed by atoms with Gasteiger partial charge >= 0.3 is 5.76 Å². The molecule has 3 rings (SSSR count). The number of fused-ring (bicyclic) bond motifs is 1. The molecule has 0 spiro atoms. The van der Waals surface area contributed by atoms with E-state index in [1.54, 1.807) is 6.07 Å². The van der Waals surface area contributed by atoms with E-state index < -0.39 is 5.76 Å². The fraction of sp³-hybridized carbons (Fsp3) is 0.167. The second kappa shape index (κ2) is 4.40. The molecule has 5 nitrogen and oxygen atoms in total. The maximum atomic E-state index is 11.1. The number of rotatable bonds is 3. The number of aliphatic hydroxyl groups excluding tert-OH is 1. The van der Waals surface area contributed by atoms with Crippen molar-refractivity contribution >= 4 is 22.4 Å². The highest BCUT2D eigenvalue weighted by molar-refractivity contribution is 7.13. The van der Waals surface area contributed by atoms with Gasteiger partial charge in [0.05, 0.1) is 11.2 Å². The van der Waals surface area contributed by atoms with Crippen LogP contribution >= 0.6 is 11.3 Å². The Morgan fingerprint density at radius 1 is 1.44 bits per heavy atom. The van der Waals surface area contributed by atoms with Gasteiger partial charge in [0.2, 0.25) is 0 Å². The lowest BCUT2D eigenvalue weighted by Crippen LogP contribution is -1.92. The van der Waals surface area contributed by atoms with E-state index in [2.05, 4.69) is 9.97 Å². The maximum Gasteiger partial charge on any atom is 0.417 e. The second-order valence-electron chi connectivity index (χ2n) is 3.84. The van der Waals surface area contributed by atoms with Crippen LogP contribution in [0.5, 0.6) is 0 Å². The highest BCUT2D eigenvalue weighted by Crippen LogP contribution is 2.26. The number of aromatic amines is 1. The quantitative estimate of drug-likeness (QED) is 0.754. The zero-order chi connectivity index (χ0) is 12.5. The van der Waals surface area contributed by atoms with Gasteiger partial charge < -0.3 is 9.52 Å². The van der Waals surface area contributed by atoms with Gasteiger partial charge in [0.1, 0.15) is 5.01 Å². The third-order valence-corrected chi connectivity index (χ3v) is 3.53. The summed E-state index contributed by atoms with van der Waals surface area (Å²) in [5, 5.41) is 11.6. The zero-order valence-electron chi connectivity index (χ0n) is 9.34. The van der Waals surface area contributed by atoms with Gasteiger partial charge in [-0.25, -0.2) is 9.78 Å². The van der Waals surface area contributed by atoms with Crippen LogP contribution < -0.4 is 5.76 Å². The number of hydrogen-bond donors (Lipinski definition) is 2. The molecule has 0 aliphatic rings. The van der Waals surface area contributed by atoms with Crippen LogP contribution in [0.15, 0.2) is 32.8 Å². The van der Waals surface area contributed by atoms with E-state index >= 15 is 0 Å². The molecule has 0 atom stereocenters. The molecule has 1 aromatic carbocycles. The summed E-state index contributed by atoms with van der Waals surface area (Å²) < 4.78 is 4.94. The lowest BCUT2D eigenvalue weighted by atomic mass is 10.2. The van der Waals surface area contributed by atoms with Crippen molar-refractivity contribution in [2.24, 2.45) is 0 Å². The molecular weight excluding hydrogens is 252 g/mol. The Morgan fingerprint density at radius 3 is 3.17 bits per heavy atom. The number of H-pyrrole nitrogens is 1. The van der Waals surface area contributed by atoms with Crippen LogP contribution in [0.3, 0.4) is 0 Å². The summed E-state index contributed by atoms with van der Waals surface area (Å²) in [7, 11) is 0. The first-order chi connectivity index (χ1) is 8.76. The van der Waals surface area contributed by atoms with Crippen molar-refractivity contribution in [2.75, 3.05) is 6.61 Å². The van der Waals surface area contributed by atoms with E-state index in [0.29, 0.717) is 17.5 Å². The van der Waals surface area contributed by atoms with Gasteiger partial charge in [0, 0.05) is 24.0 Å². The Kier molecular flexibility index (Phi) is 2.73. The molecule has 0 radical (unpaired) electrons. The lowest BCUT2D eigenvalue weighted by molar-refractivity contribution is 0.298. The molecule has 18 heavy (non-hydrogen) atoms. The molecule has 0 saturated heterocycles.